The number of azo groups is 2. The molecule has 16 heteroatoms. The summed E-state index contributed by atoms with van der Waals surface area (Å²) in [7, 11) is -9.60. The highest BCUT2D eigenvalue weighted by molar-refractivity contribution is 7.86. The number of fused-ring (bicyclic) bond motifs is 1. The van der Waals surface area contributed by atoms with Crippen LogP contribution in [0.5, 0.6) is 5.75 Å². The molecule has 4 N–H and O–H groups in total. The summed E-state index contributed by atoms with van der Waals surface area (Å²) in [4.78, 5) is 23.5. The third-order valence-electron chi connectivity index (χ3n) is 7.54. The van der Waals surface area contributed by atoms with Crippen LogP contribution in [-0.2, 0) is 29.8 Å². The molecule has 0 fully saturated rings. The number of nitrogens with zero attached hydrogens (tertiary/aromatic N) is 4. The highest BCUT2D eigenvalue weighted by Crippen LogP contribution is 2.42. The number of hydrogen-bond donors (Lipinski definition) is 4. The minimum atomic E-state index is -4.97. The van der Waals surface area contributed by atoms with Crippen molar-refractivity contribution in [3.05, 3.63) is 102 Å². The zero-order valence-corrected chi connectivity index (χ0v) is 28.3. The van der Waals surface area contributed by atoms with Crippen LogP contribution in [0.2, 0.25) is 0 Å². The average Bonchev–Trinajstić information content (AvgIpc) is 3.04. The van der Waals surface area contributed by atoms with Crippen LogP contribution in [0.4, 0.5) is 22.7 Å². The first kappa shape index (κ1) is 35.6. The number of ketones is 1. The Hall–Kier alpha value is -5.68. The van der Waals surface area contributed by atoms with Crippen molar-refractivity contribution in [2.24, 2.45) is 20.5 Å². The molecule has 0 aliphatic heterocycles. The molecule has 5 rings (SSSR count). The number of hydrogen-bond acceptors (Lipinski definition) is 11. The summed E-state index contributed by atoms with van der Waals surface area (Å²) in [6.45, 7) is 4.93. The van der Waals surface area contributed by atoms with Crippen LogP contribution in [0.3, 0.4) is 0 Å². The Labute approximate surface area is 286 Å². The molecule has 50 heavy (non-hydrogen) atoms. The van der Waals surface area contributed by atoms with Gasteiger partial charge >= 0.3 is 0 Å². The van der Waals surface area contributed by atoms with E-state index in [4.69, 9.17) is 0 Å². The van der Waals surface area contributed by atoms with Crippen molar-refractivity contribution in [2.45, 2.75) is 36.6 Å². The summed E-state index contributed by atoms with van der Waals surface area (Å²) >= 11 is 0. The largest absolute Gasteiger partial charge is 0.505 e. The third kappa shape index (κ3) is 7.95. The molecule has 0 aliphatic carbocycles. The second-order valence-corrected chi connectivity index (χ2v) is 14.0. The zero-order chi connectivity index (χ0) is 36.4. The number of phenols is 1. The smallest absolute Gasteiger partial charge is 0.296 e. The molecule has 0 spiro atoms. The lowest BCUT2D eigenvalue weighted by atomic mass is 9.96. The fourth-order valence-electron chi connectivity index (χ4n) is 5.09. The molecular weight excluding hydrogens is 687 g/mol. The number of aryl methyl sites for hydroxylation is 2. The molecule has 0 aliphatic rings. The number of phenolic OH excluding ortho intramolecular Hbond substituents is 1. The molecule has 1 unspecified atom stereocenters. The molecule has 0 heterocycles. The predicted octanol–water partition coefficient (Wildman–Crippen LogP) is 7.42. The van der Waals surface area contributed by atoms with Crippen molar-refractivity contribution in [3.63, 3.8) is 0 Å². The van der Waals surface area contributed by atoms with Gasteiger partial charge in [0.15, 0.2) is 11.5 Å². The Morgan fingerprint density at radius 1 is 0.720 bits per heavy atom. The Bertz CT molecular complexity index is 2450. The molecule has 256 valence electrons. The van der Waals surface area contributed by atoms with Gasteiger partial charge in [-0.15, -0.1) is 5.11 Å². The lowest BCUT2D eigenvalue weighted by Crippen LogP contribution is -2.31. The molecule has 1 atom stereocenters. The first-order valence-electron chi connectivity index (χ1n) is 14.7. The van der Waals surface area contributed by atoms with Crippen molar-refractivity contribution in [2.75, 3.05) is 5.32 Å². The zero-order valence-electron chi connectivity index (χ0n) is 26.6. The van der Waals surface area contributed by atoms with Crippen molar-refractivity contribution in [1.29, 1.82) is 0 Å². The minimum absolute atomic E-state index is 0.00370. The van der Waals surface area contributed by atoms with Gasteiger partial charge in [0.1, 0.15) is 10.6 Å². The number of benzene rings is 5. The molecular formula is C34H29N5O9S2. The second kappa shape index (κ2) is 14.0. The van der Waals surface area contributed by atoms with Crippen molar-refractivity contribution in [1.82, 2.24) is 0 Å². The number of rotatable bonds is 10. The van der Waals surface area contributed by atoms with E-state index in [9.17, 15) is 40.6 Å². The van der Waals surface area contributed by atoms with E-state index in [-0.39, 0.29) is 16.5 Å². The van der Waals surface area contributed by atoms with Gasteiger partial charge in [-0.1, -0.05) is 30.3 Å². The molecule has 0 saturated heterocycles. The van der Waals surface area contributed by atoms with E-state index in [1.54, 1.807) is 66.7 Å². The summed E-state index contributed by atoms with van der Waals surface area (Å²) in [6, 6.07) is 21.6. The Kier molecular flexibility index (Phi) is 10.0. The van der Waals surface area contributed by atoms with Gasteiger partial charge < -0.3 is 10.4 Å². The van der Waals surface area contributed by atoms with Gasteiger partial charge in [0.2, 0.25) is 6.04 Å². The summed E-state index contributed by atoms with van der Waals surface area (Å²) in [5, 5.41) is 29.5. The summed E-state index contributed by atoms with van der Waals surface area (Å²) in [6.07, 6.45) is 0. The van der Waals surface area contributed by atoms with Gasteiger partial charge in [0.05, 0.1) is 16.3 Å². The molecule has 0 bridgehead atoms. The molecule has 14 nitrogen and oxygen atoms in total. The topological polar surface area (TPSA) is 225 Å². The van der Waals surface area contributed by atoms with Crippen molar-refractivity contribution in [3.8, 4) is 16.9 Å². The van der Waals surface area contributed by atoms with E-state index in [2.05, 4.69) is 25.8 Å². The maximum Gasteiger partial charge on any atom is 0.296 e. The number of amides is 1. The van der Waals surface area contributed by atoms with Crippen molar-refractivity contribution >= 4 is 65.4 Å². The molecule has 1 amide bonds. The van der Waals surface area contributed by atoms with E-state index in [1.165, 1.54) is 6.92 Å². The Morgan fingerprint density at radius 3 is 1.86 bits per heavy atom. The number of Topliss-reactive ketones (excluding diaryl/α,β-unsaturated/α-hetero) is 1. The fourth-order valence-corrected chi connectivity index (χ4v) is 6.26. The number of carbonyl (C=O) groups excluding carboxylic acids is 2. The van der Waals surface area contributed by atoms with Gasteiger partial charge in [-0.3, -0.25) is 18.7 Å². The van der Waals surface area contributed by atoms with E-state index in [0.29, 0.717) is 11.4 Å². The Morgan fingerprint density at radius 2 is 1.32 bits per heavy atom. The van der Waals surface area contributed by atoms with Crippen LogP contribution in [0.1, 0.15) is 18.1 Å². The summed E-state index contributed by atoms with van der Waals surface area (Å²) in [5.41, 5.74) is 3.86. The number of para-hydroxylation sites is 1. The maximum absolute atomic E-state index is 12.7. The normalized spacial score (nSPS) is 12.8. The average molecular weight is 716 g/mol. The standard InChI is InChI=1S/C34H29N5O9S2/c1-19-15-24(36-38-31(21(3)40)34(42)35-23-7-5-4-6-8-23)9-12-27(19)28-13-10-25(16-20(28)2)37-39-32-30(50(46,47)48)18-22-17-26(49(43,44)45)11-14-29(22)33(32)41/h4-18,31,41H,1-3H3,(H,35,42)(H,43,44,45)(H,46,47,48). The van der Waals surface area contributed by atoms with Crippen LogP contribution >= 0.6 is 0 Å². The van der Waals surface area contributed by atoms with Gasteiger partial charge in [-0.25, -0.2) is 0 Å². The minimum Gasteiger partial charge on any atom is -0.505 e. The lowest BCUT2D eigenvalue weighted by molar-refractivity contribution is -0.126. The quantitative estimate of drug-likeness (QED) is 0.0640. The van der Waals surface area contributed by atoms with E-state index >= 15 is 0 Å². The first-order valence-corrected chi connectivity index (χ1v) is 17.6. The highest BCUT2D eigenvalue weighted by Gasteiger charge is 2.24. The number of aromatic hydroxyl groups is 1. The summed E-state index contributed by atoms with van der Waals surface area (Å²) < 4.78 is 66.6. The first-order chi connectivity index (χ1) is 23.5. The lowest BCUT2D eigenvalue weighted by Gasteiger charge is -2.12. The second-order valence-electron chi connectivity index (χ2n) is 11.2. The fraction of sp³-hybridized carbons (Fsp3) is 0.118. The van der Waals surface area contributed by atoms with E-state index in [1.807, 2.05) is 13.8 Å². The molecule has 5 aromatic rings. The van der Waals surface area contributed by atoms with E-state index in [0.717, 1.165) is 46.5 Å². The summed E-state index contributed by atoms with van der Waals surface area (Å²) in [5.74, 6) is -1.76. The van der Waals surface area contributed by atoms with Gasteiger partial charge in [0, 0.05) is 11.1 Å². The molecule has 0 aromatic heterocycles. The van der Waals surface area contributed by atoms with Crippen LogP contribution in [-0.4, -0.2) is 48.8 Å². The third-order valence-corrected chi connectivity index (χ3v) is 9.25. The maximum atomic E-state index is 12.7. The SMILES string of the molecule is CC(=O)C(N=Nc1ccc(-c2ccc(N=Nc3c(S(=O)(=O)O)cc4cc(S(=O)(=O)O)ccc4c3O)cc2C)c(C)c1)C(=O)Nc1ccccc1. The monoisotopic (exact) mass is 715 g/mol. The number of nitrogens with one attached hydrogen (secondary N) is 1. The Balaban J connectivity index is 1.40. The van der Waals surface area contributed by atoms with Crippen LogP contribution in [0.25, 0.3) is 21.9 Å². The predicted molar refractivity (Wildman–Crippen MR) is 185 cm³/mol. The van der Waals surface area contributed by atoms with Crippen LogP contribution in [0.15, 0.2) is 121 Å². The van der Waals surface area contributed by atoms with Crippen molar-refractivity contribution < 1.29 is 40.6 Å². The van der Waals surface area contributed by atoms with Crippen LogP contribution in [0, 0.1) is 13.8 Å². The van der Waals surface area contributed by atoms with Gasteiger partial charge in [-0.05, 0) is 109 Å². The van der Waals surface area contributed by atoms with Gasteiger partial charge in [0.25, 0.3) is 26.1 Å². The molecule has 0 radical (unpaired) electrons. The molecule has 0 saturated carbocycles. The van der Waals surface area contributed by atoms with Gasteiger partial charge in [-0.2, -0.15) is 32.2 Å². The molecule has 5 aromatic carbocycles. The highest BCUT2D eigenvalue weighted by atomic mass is 32.2. The number of anilines is 1. The van der Waals surface area contributed by atoms with E-state index < -0.39 is 59.2 Å². The van der Waals surface area contributed by atoms with Crippen LogP contribution < -0.4 is 5.32 Å². The number of carbonyl (C=O) groups is 2.